The van der Waals surface area contributed by atoms with E-state index in [9.17, 15) is 4.79 Å². The number of thiazole rings is 1. The van der Waals surface area contributed by atoms with Crippen molar-refractivity contribution in [1.82, 2.24) is 10.3 Å². The lowest BCUT2D eigenvalue weighted by atomic mass is 10.1. The zero-order valence-electron chi connectivity index (χ0n) is 16.5. The van der Waals surface area contributed by atoms with Gasteiger partial charge in [-0.1, -0.05) is 48.0 Å². The molecule has 31 heavy (non-hydrogen) atoms. The van der Waals surface area contributed by atoms with E-state index in [1.807, 2.05) is 30.5 Å². The summed E-state index contributed by atoms with van der Waals surface area (Å²) in [7, 11) is 0. The number of hydrogen-bond acceptors (Lipinski definition) is 5. The van der Waals surface area contributed by atoms with Crippen LogP contribution in [0.3, 0.4) is 0 Å². The molecule has 1 amide bonds. The van der Waals surface area contributed by atoms with Crippen LogP contribution in [0.25, 0.3) is 22.0 Å². The Balaban J connectivity index is 1.33. The average Bonchev–Trinajstić information content (AvgIpc) is 3.21. The Labute approximate surface area is 194 Å². The van der Waals surface area contributed by atoms with E-state index in [-0.39, 0.29) is 17.6 Å². The van der Waals surface area contributed by atoms with Crippen molar-refractivity contribution in [1.29, 1.82) is 0 Å². The van der Waals surface area contributed by atoms with Gasteiger partial charge < -0.3 is 10.1 Å². The lowest BCUT2D eigenvalue weighted by molar-refractivity contribution is -0.121. The molecule has 0 aliphatic carbocycles. The number of fused-ring (bicyclic) bond motifs is 1. The molecular formula is C23H18ClN3O2S2. The predicted octanol–water partition coefficient (Wildman–Crippen LogP) is 5.82. The molecule has 0 aliphatic rings. The van der Waals surface area contributed by atoms with E-state index in [4.69, 9.17) is 28.6 Å². The summed E-state index contributed by atoms with van der Waals surface area (Å²) < 4.78 is 5.53. The normalized spacial score (nSPS) is 10.6. The van der Waals surface area contributed by atoms with Gasteiger partial charge in [0.25, 0.3) is 5.91 Å². The lowest BCUT2D eigenvalue weighted by Crippen LogP contribution is -2.37. The van der Waals surface area contributed by atoms with Gasteiger partial charge in [0.2, 0.25) is 0 Å². The summed E-state index contributed by atoms with van der Waals surface area (Å²) in [5.41, 5.74) is 2.71. The molecule has 0 radical (unpaired) electrons. The number of nitrogens with one attached hydrogen (secondary N) is 2. The Morgan fingerprint density at radius 3 is 2.74 bits per heavy atom. The van der Waals surface area contributed by atoms with E-state index in [1.165, 1.54) is 16.7 Å². The van der Waals surface area contributed by atoms with Crippen LogP contribution in [-0.2, 0) is 4.79 Å². The number of thiocarbonyl (C=S) groups is 1. The van der Waals surface area contributed by atoms with Gasteiger partial charge in [-0.05, 0) is 59.7 Å². The van der Waals surface area contributed by atoms with Gasteiger partial charge in [0.1, 0.15) is 5.75 Å². The summed E-state index contributed by atoms with van der Waals surface area (Å²) >= 11 is 12.6. The molecule has 0 atom stereocenters. The minimum absolute atomic E-state index is 0.162. The van der Waals surface area contributed by atoms with Crippen molar-refractivity contribution in [3.05, 3.63) is 76.6 Å². The highest BCUT2D eigenvalue weighted by atomic mass is 35.5. The van der Waals surface area contributed by atoms with Crippen molar-refractivity contribution in [3.8, 4) is 17.0 Å². The number of aryl methyl sites for hydroxylation is 1. The van der Waals surface area contributed by atoms with Crippen LogP contribution in [0.2, 0.25) is 5.02 Å². The Morgan fingerprint density at radius 2 is 1.94 bits per heavy atom. The van der Waals surface area contributed by atoms with Crippen molar-refractivity contribution in [2.24, 2.45) is 0 Å². The number of ether oxygens (including phenoxy) is 1. The van der Waals surface area contributed by atoms with Gasteiger partial charge in [-0.3, -0.25) is 10.1 Å². The largest absolute Gasteiger partial charge is 0.483 e. The average molecular weight is 468 g/mol. The van der Waals surface area contributed by atoms with Crippen molar-refractivity contribution in [2.75, 3.05) is 11.9 Å². The highest BCUT2D eigenvalue weighted by Gasteiger charge is 2.10. The number of benzene rings is 3. The molecule has 4 aromatic rings. The van der Waals surface area contributed by atoms with Crippen LogP contribution in [0.5, 0.6) is 5.75 Å². The maximum atomic E-state index is 12.1. The zero-order chi connectivity index (χ0) is 21.8. The number of carbonyl (C=O) groups is 1. The van der Waals surface area contributed by atoms with Gasteiger partial charge in [-0.25, -0.2) is 4.98 Å². The predicted molar refractivity (Wildman–Crippen MR) is 131 cm³/mol. The Hall–Kier alpha value is -3.00. The molecule has 3 aromatic carbocycles. The maximum absolute atomic E-state index is 12.1. The first-order valence-electron chi connectivity index (χ1n) is 9.42. The van der Waals surface area contributed by atoms with Gasteiger partial charge >= 0.3 is 0 Å². The molecule has 0 saturated carbocycles. The molecule has 0 spiro atoms. The maximum Gasteiger partial charge on any atom is 0.264 e. The van der Waals surface area contributed by atoms with Crippen LogP contribution in [0.4, 0.5) is 5.13 Å². The Bertz CT molecular complexity index is 1270. The number of anilines is 1. The second-order valence-corrected chi connectivity index (χ2v) is 8.50. The van der Waals surface area contributed by atoms with E-state index < -0.39 is 0 Å². The van der Waals surface area contributed by atoms with Crippen molar-refractivity contribution in [2.45, 2.75) is 6.92 Å². The summed E-state index contributed by atoms with van der Waals surface area (Å²) in [4.78, 5) is 16.7. The summed E-state index contributed by atoms with van der Waals surface area (Å²) in [5.74, 6) is 0.233. The molecule has 8 heteroatoms. The quantitative estimate of drug-likeness (QED) is 0.362. The third-order valence-corrected chi connectivity index (χ3v) is 5.72. The van der Waals surface area contributed by atoms with Crippen LogP contribution >= 0.6 is 35.2 Å². The molecule has 0 bridgehead atoms. The van der Waals surface area contributed by atoms with Gasteiger partial charge in [0.15, 0.2) is 16.9 Å². The number of carbonyl (C=O) groups excluding carboxylic acids is 1. The highest BCUT2D eigenvalue weighted by Crippen LogP contribution is 2.27. The molecular weight excluding hydrogens is 450 g/mol. The fourth-order valence-electron chi connectivity index (χ4n) is 3.02. The molecule has 0 fully saturated rings. The second kappa shape index (κ2) is 9.43. The van der Waals surface area contributed by atoms with Gasteiger partial charge in [0.05, 0.1) is 5.69 Å². The van der Waals surface area contributed by atoms with Crippen molar-refractivity contribution >= 4 is 62.1 Å². The highest BCUT2D eigenvalue weighted by molar-refractivity contribution is 7.80. The molecule has 5 nitrogen and oxygen atoms in total. The van der Waals surface area contributed by atoms with Crippen molar-refractivity contribution < 1.29 is 9.53 Å². The van der Waals surface area contributed by atoms with E-state index in [0.717, 1.165) is 22.2 Å². The Morgan fingerprint density at radius 1 is 1.13 bits per heavy atom. The van der Waals surface area contributed by atoms with Crippen LogP contribution < -0.4 is 15.4 Å². The first-order chi connectivity index (χ1) is 15.0. The summed E-state index contributed by atoms with van der Waals surface area (Å²) in [6, 6.07) is 19.6. The molecule has 0 aliphatic heterocycles. The van der Waals surface area contributed by atoms with E-state index in [0.29, 0.717) is 15.9 Å². The molecule has 1 aromatic heterocycles. The number of nitrogens with zero attached hydrogens (tertiary/aromatic N) is 1. The fourth-order valence-corrected chi connectivity index (χ4v) is 4.25. The lowest BCUT2D eigenvalue weighted by Gasteiger charge is -2.10. The van der Waals surface area contributed by atoms with Crippen LogP contribution in [0.15, 0.2) is 66.0 Å². The smallest absolute Gasteiger partial charge is 0.264 e. The molecule has 1 heterocycles. The van der Waals surface area contributed by atoms with E-state index >= 15 is 0 Å². The number of aromatic nitrogens is 1. The SMILES string of the molecule is Cc1cc(Cl)ccc1OCC(=O)NC(=S)Nc1nc(-c2ccc3ccccc3c2)cs1. The van der Waals surface area contributed by atoms with E-state index in [2.05, 4.69) is 39.9 Å². The summed E-state index contributed by atoms with van der Waals surface area (Å²) in [5, 5.41) is 11.2. The molecule has 2 N–H and O–H groups in total. The topological polar surface area (TPSA) is 63.2 Å². The molecule has 0 saturated heterocycles. The zero-order valence-corrected chi connectivity index (χ0v) is 18.9. The number of rotatable bonds is 5. The molecule has 4 rings (SSSR count). The first kappa shape index (κ1) is 21.2. The summed E-state index contributed by atoms with van der Waals surface area (Å²) in [6.07, 6.45) is 0. The van der Waals surface area contributed by atoms with Crippen LogP contribution in [-0.4, -0.2) is 22.6 Å². The third-order valence-electron chi connectivity index (χ3n) is 4.52. The number of halogens is 1. The summed E-state index contributed by atoms with van der Waals surface area (Å²) in [6.45, 7) is 1.70. The fraction of sp³-hybridized carbons (Fsp3) is 0.0870. The van der Waals surface area contributed by atoms with Gasteiger partial charge in [-0.2, -0.15) is 0 Å². The standard InChI is InChI=1S/C23H18ClN3O2S2/c1-14-10-18(24)8-9-20(14)29-12-21(28)26-22(30)27-23-25-19(13-31-23)17-7-6-15-4-2-3-5-16(15)11-17/h2-11,13H,12H2,1H3,(H2,25,26,27,28,30). The molecule has 0 unspecified atom stereocenters. The number of hydrogen-bond donors (Lipinski definition) is 2. The van der Waals surface area contributed by atoms with Gasteiger partial charge in [-0.15, -0.1) is 11.3 Å². The molecule has 156 valence electrons. The van der Waals surface area contributed by atoms with Gasteiger partial charge in [0, 0.05) is 16.0 Å². The Kier molecular flexibility index (Phi) is 6.46. The monoisotopic (exact) mass is 467 g/mol. The van der Waals surface area contributed by atoms with Crippen molar-refractivity contribution in [3.63, 3.8) is 0 Å². The van der Waals surface area contributed by atoms with E-state index in [1.54, 1.807) is 18.2 Å². The third kappa shape index (κ3) is 5.38. The van der Waals surface area contributed by atoms with Crippen LogP contribution in [0, 0.1) is 6.92 Å². The first-order valence-corrected chi connectivity index (χ1v) is 11.1. The minimum atomic E-state index is -0.363. The minimum Gasteiger partial charge on any atom is -0.483 e. The number of amides is 1. The second-order valence-electron chi connectivity index (χ2n) is 6.80. The van der Waals surface area contributed by atoms with Crippen LogP contribution in [0.1, 0.15) is 5.56 Å².